The van der Waals surface area contributed by atoms with Crippen LogP contribution in [0.2, 0.25) is 0 Å². The molecule has 0 saturated heterocycles. The molecular weight excluding hydrogens is 378 g/mol. The molecule has 1 atom stereocenters. The normalized spacial score (nSPS) is 13.1. The first kappa shape index (κ1) is 15.0. The number of hydrogen-bond donors (Lipinski definition) is 0. The summed E-state index contributed by atoms with van der Waals surface area (Å²) in [5.41, 5.74) is 1.67. The van der Waals surface area contributed by atoms with E-state index >= 15 is 0 Å². The van der Waals surface area contributed by atoms with Crippen molar-refractivity contribution in [2.45, 2.75) is 45.0 Å². The standard InChI is InChI=1S/C14H17ClFIN2/c1-3-4-5-6-19-13-7-10(16)11(17)8-12(13)18-14(19)9(2)15/h7-9H,3-6H2,1-2H3. The van der Waals surface area contributed by atoms with Crippen LogP contribution in [0.5, 0.6) is 0 Å². The first-order chi connectivity index (χ1) is 9.04. The molecule has 0 amide bonds. The molecule has 1 aromatic carbocycles. The summed E-state index contributed by atoms with van der Waals surface area (Å²) in [4.78, 5) is 4.55. The van der Waals surface area contributed by atoms with Gasteiger partial charge in [-0.25, -0.2) is 9.37 Å². The van der Waals surface area contributed by atoms with E-state index in [4.69, 9.17) is 11.6 Å². The van der Waals surface area contributed by atoms with Crippen LogP contribution in [0.15, 0.2) is 12.1 Å². The summed E-state index contributed by atoms with van der Waals surface area (Å²) in [7, 11) is 0. The minimum absolute atomic E-state index is 0.172. The van der Waals surface area contributed by atoms with Crippen molar-refractivity contribution in [2.75, 3.05) is 0 Å². The second-order valence-corrected chi connectivity index (χ2v) is 6.52. The van der Waals surface area contributed by atoms with E-state index in [2.05, 4.69) is 16.5 Å². The number of halogens is 3. The number of alkyl halides is 1. The third kappa shape index (κ3) is 3.21. The van der Waals surface area contributed by atoms with Crippen molar-refractivity contribution in [3.8, 4) is 0 Å². The van der Waals surface area contributed by atoms with E-state index in [0.717, 1.165) is 42.7 Å². The van der Waals surface area contributed by atoms with Gasteiger partial charge in [0.2, 0.25) is 0 Å². The van der Waals surface area contributed by atoms with Crippen LogP contribution in [0, 0.1) is 9.39 Å². The van der Waals surface area contributed by atoms with Gasteiger partial charge in [-0.1, -0.05) is 19.8 Å². The Hall–Kier alpha value is -0.360. The monoisotopic (exact) mass is 394 g/mol. The fraction of sp³-hybridized carbons (Fsp3) is 0.500. The zero-order chi connectivity index (χ0) is 14.0. The van der Waals surface area contributed by atoms with Crippen molar-refractivity contribution in [3.05, 3.63) is 27.3 Å². The van der Waals surface area contributed by atoms with Gasteiger partial charge in [0, 0.05) is 12.6 Å². The number of benzene rings is 1. The second kappa shape index (κ2) is 6.39. The van der Waals surface area contributed by atoms with E-state index in [0.29, 0.717) is 3.57 Å². The highest BCUT2D eigenvalue weighted by Gasteiger charge is 2.16. The Morgan fingerprint density at radius 1 is 1.42 bits per heavy atom. The number of rotatable bonds is 5. The van der Waals surface area contributed by atoms with Gasteiger partial charge in [-0.3, -0.25) is 0 Å². The Bertz CT molecular complexity index is 580. The van der Waals surface area contributed by atoms with Gasteiger partial charge in [-0.2, -0.15) is 0 Å². The molecule has 0 N–H and O–H groups in total. The van der Waals surface area contributed by atoms with Crippen molar-refractivity contribution < 1.29 is 4.39 Å². The van der Waals surface area contributed by atoms with Crippen LogP contribution in [0.1, 0.15) is 44.3 Å². The van der Waals surface area contributed by atoms with Crippen LogP contribution >= 0.6 is 34.2 Å². The minimum Gasteiger partial charge on any atom is -0.327 e. The average Bonchev–Trinajstić information content (AvgIpc) is 2.69. The average molecular weight is 395 g/mol. The summed E-state index contributed by atoms with van der Waals surface area (Å²) >= 11 is 8.18. The molecule has 0 fully saturated rings. The highest BCUT2D eigenvalue weighted by Crippen LogP contribution is 2.27. The highest BCUT2D eigenvalue weighted by molar-refractivity contribution is 14.1. The third-order valence-corrected chi connectivity index (χ3v) is 4.18. The maximum absolute atomic E-state index is 13.7. The lowest BCUT2D eigenvalue weighted by atomic mass is 10.2. The molecule has 0 bridgehead atoms. The number of unbranched alkanes of at least 4 members (excludes halogenated alkanes) is 2. The number of fused-ring (bicyclic) bond motifs is 1. The molecule has 1 aromatic heterocycles. The predicted octanol–water partition coefficient (Wildman–Crippen LogP) is 5.27. The molecule has 104 valence electrons. The predicted molar refractivity (Wildman–Crippen MR) is 86.2 cm³/mol. The number of nitrogens with zero attached hydrogens (tertiary/aromatic N) is 2. The fourth-order valence-corrected chi connectivity index (χ4v) is 2.81. The summed E-state index contributed by atoms with van der Waals surface area (Å²) < 4.78 is 16.4. The molecule has 2 rings (SSSR count). The van der Waals surface area contributed by atoms with Gasteiger partial charge in [-0.15, -0.1) is 11.6 Å². The van der Waals surface area contributed by atoms with Crippen LogP contribution in [-0.2, 0) is 6.54 Å². The molecule has 0 aliphatic carbocycles. The van der Waals surface area contributed by atoms with Crippen molar-refractivity contribution in [1.29, 1.82) is 0 Å². The first-order valence-electron chi connectivity index (χ1n) is 6.53. The van der Waals surface area contributed by atoms with Crippen molar-refractivity contribution >= 4 is 45.2 Å². The van der Waals surface area contributed by atoms with Gasteiger partial charge in [-0.05, 0) is 42.0 Å². The number of hydrogen-bond acceptors (Lipinski definition) is 1. The number of imidazole rings is 1. The van der Waals surface area contributed by atoms with E-state index in [-0.39, 0.29) is 11.2 Å². The molecule has 0 radical (unpaired) electrons. The van der Waals surface area contributed by atoms with E-state index in [1.165, 1.54) is 0 Å². The fourth-order valence-electron chi connectivity index (χ4n) is 2.20. The maximum atomic E-state index is 13.7. The summed E-state index contributed by atoms with van der Waals surface area (Å²) in [5, 5.41) is -0.172. The lowest BCUT2D eigenvalue weighted by Crippen LogP contribution is -2.04. The molecule has 5 heteroatoms. The molecular formula is C14H17ClFIN2. The first-order valence-corrected chi connectivity index (χ1v) is 8.05. The van der Waals surface area contributed by atoms with Crippen LogP contribution < -0.4 is 0 Å². The van der Waals surface area contributed by atoms with Crippen molar-refractivity contribution in [1.82, 2.24) is 9.55 Å². The molecule has 1 heterocycles. The van der Waals surface area contributed by atoms with Crippen LogP contribution in [0.4, 0.5) is 4.39 Å². The lowest BCUT2D eigenvalue weighted by molar-refractivity contribution is 0.588. The highest BCUT2D eigenvalue weighted by atomic mass is 127. The van der Waals surface area contributed by atoms with Gasteiger partial charge in [0.1, 0.15) is 11.6 Å². The van der Waals surface area contributed by atoms with Gasteiger partial charge in [0.05, 0.1) is 20.0 Å². The summed E-state index contributed by atoms with van der Waals surface area (Å²) in [6.45, 7) is 4.91. The molecule has 2 aromatic rings. The van der Waals surface area contributed by atoms with E-state index < -0.39 is 0 Å². The number of aryl methyl sites for hydroxylation is 1. The minimum atomic E-state index is -0.196. The van der Waals surface area contributed by atoms with Crippen LogP contribution in [-0.4, -0.2) is 9.55 Å². The summed E-state index contributed by atoms with van der Waals surface area (Å²) in [5.74, 6) is 0.632. The Morgan fingerprint density at radius 2 is 2.16 bits per heavy atom. The molecule has 0 aliphatic rings. The van der Waals surface area contributed by atoms with E-state index in [1.54, 1.807) is 12.1 Å². The topological polar surface area (TPSA) is 17.8 Å². The Balaban J connectivity index is 2.49. The van der Waals surface area contributed by atoms with Gasteiger partial charge in [0.25, 0.3) is 0 Å². The smallest absolute Gasteiger partial charge is 0.138 e. The molecule has 0 spiro atoms. The number of aromatic nitrogens is 2. The Kier molecular flexibility index (Phi) is 5.06. The van der Waals surface area contributed by atoms with Crippen molar-refractivity contribution in [3.63, 3.8) is 0 Å². The maximum Gasteiger partial charge on any atom is 0.138 e. The van der Waals surface area contributed by atoms with Crippen LogP contribution in [0.25, 0.3) is 11.0 Å². The van der Waals surface area contributed by atoms with E-state index in [9.17, 15) is 4.39 Å². The molecule has 0 aliphatic heterocycles. The third-order valence-electron chi connectivity index (χ3n) is 3.16. The summed E-state index contributed by atoms with van der Waals surface area (Å²) in [6.07, 6.45) is 3.37. The van der Waals surface area contributed by atoms with Gasteiger partial charge in [0.15, 0.2) is 0 Å². The lowest BCUT2D eigenvalue weighted by Gasteiger charge is -2.10. The molecule has 0 saturated carbocycles. The molecule has 2 nitrogen and oxygen atoms in total. The Morgan fingerprint density at radius 3 is 2.79 bits per heavy atom. The second-order valence-electron chi connectivity index (χ2n) is 4.70. The van der Waals surface area contributed by atoms with Crippen LogP contribution in [0.3, 0.4) is 0 Å². The molecule has 19 heavy (non-hydrogen) atoms. The van der Waals surface area contributed by atoms with Crippen molar-refractivity contribution in [2.24, 2.45) is 0 Å². The van der Waals surface area contributed by atoms with Gasteiger partial charge < -0.3 is 4.57 Å². The van der Waals surface area contributed by atoms with E-state index in [1.807, 2.05) is 29.5 Å². The SMILES string of the molecule is CCCCCn1c(C(C)Cl)nc2cc(I)c(F)cc21. The largest absolute Gasteiger partial charge is 0.327 e. The zero-order valence-electron chi connectivity index (χ0n) is 11.1. The molecule has 1 unspecified atom stereocenters. The van der Waals surface area contributed by atoms with Gasteiger partial charge >= 0.3 is 0 Å². The summed E-state index contributed by atoms with van der Waals surface area (Å²) in [6, 6.07) is 3.35. The quantitative estimate of drug-likeness (QED) is 0.384. The zero-order valence-corrected chi connectivity index (χ0v) is 14.0. The Labute approximate surface area is 131 Å².